The molecule has 0 atom stereocenters. The van der Waals surface area contributed by atoms with E-state index in [-0.39, 0.29) is 17.2 Å². The van der Waals surface area contributed by atoms with Crippen molar-refractivity contribution in [2.45, 2.75) is 0 Å². The van der Waals surface area contributed by atoms with Crippen LogP contribution in [0.4, 0.5) is 5.69 Å². The first-order chi connectivity index (χ1) is 10.7. The van der Waals surface area contributed by atoms with Crippen molar-refractivity contribution in [3.8, 4) is 23.0 Å². The fourth-order valence-corrected chi connectivity index (χ4v) is 2.02. The molecule has 0 unspecified atom stereocenters. The van der Waals surface area contributed by atoms with Gasteiger partial charge in [-0.25, -0.2) is 4.79 Å². The van der Waals surface area contributed by atoms with Gasteiger partial charge in [0, 0.05) is 25.2 Å². The standard InChI is InChI=1S/C15H13NO7/c1-16(7-2-8(17)4-9(18)3-7)14(21)11-5-10(19)6-12(13(11)20)15(22)23/h2-6,17-20H,1H3,(H,22,23). The van der Waals surface area contributed by atoms with Crippen LogP contribution < -0.4 is 4.90 Å². The molecule has 0 saturated carbocycles. The molecule has 0 aromatic heterocycles. The lowest BCUT2D eigenvalue weighted by Gasteiger charge is -2.19. The van der Waals surface area contributed by atoms with Gasteiger partial charge in [0.05, 0.1) is 11.3 Å². The maximum atomic E-state index is 12.4. The molecule has 2 rings (SSSR count). The molecule has 5 N–H and O–H groups in total. The molecule has 0 aliphatic heterocycles. The first-order valence-electron chi connectivity index (χ1n) is 6.31. The van der Waals surface area contributed by atoms with Crippen molar-refractivity contribution < 1.29 is 35.1 Å². The third-order valence-corrected chi connectivity index (χ3v) is 3.13. The topological polar surface area (TPSA) is 139 Å². The summed E-state index contributed by atoms with van der Waals surface area (Å²) in [6.07, 6.45) is 0. The van der Waals surface area contributed by atoms with Gasteiger partial charge in [-0.15, -0.1) is 0 Å². The molecule has 0 bridgehead atoms. The molecule has 0 radical (unpaired) electrons. The summed E-state index contributed by atoms with van der Waals surface area (Å²) in [6, 6.07) is 5.18. The number of hydrogen-bond acceptors (Lipinski definition) is 6. The predicted molar refractivity (Wildman–Crippen MR) is 79.2 cm³/mol. The summed E-state index contributed by atoms with van der Waals surface area (Å²) in [4.78, 5) is 24.4. The van der Waals surface area contributed by atoms with Crippen LogP contribution in [0, 0.1) is 0 Å². The van der Waals surface area contributed by atoms with Crippen LogP contribution in [0.5, 0.6) is 23.0 Å². The summed E-state index contributed by atoms with van der Waals surface area (Å²) in [5, 5.41) is 47.3. The number of carboxylic acids is 1. The first-order valence-corrected chi connectivity index (χ1v) is 6.31. The van der Waals surface area contributed by atoms with Gasteiger partial charge in [-0.2, -0.15) is 0 Å². The quantitative estimate of drug-likeness (QED) is 0.540. The number of nitrogens with zero attached hydrogens (tertiary/aromatic N) is 1. The largest absolute Gasteiger partial charge is 0.508 e. The zero-order valence-corrected chi connectivity index (χ0v) is 11.9. The number of carbonyl (C=O) groups is 2. The van der Waals surface area contributed by atoms with Gasteiger partial charge in [0.15, 0.2) is 0 Å². The molecular weight excluding hydrogens is 306 g/mol. The third kappa shape index (κ3) is 3.10. The van der Waals surface area contributed by atoms with Gasteiger partial charge in [0.25, 0.3) is 5.91 Å². The zero-order chi connectivity index (χ0) is 17.3. The summed E-state index contributed by atoms with van der Waals surface area (Å²) in [5.74, 6) is -4.22. The Balaban J connectivity index is 2.50. The number of carboxylic acid groups (broad SMARTS) is 1. The van der Waals surface area contributed by atoms with Crippen molar-refractivity contribution in [1.29, 1.82) is 0 Å². The van der Waals surface area contributed by atoms with E-state index in [9.17, 15) is 30.0 Å². The van der Waals surface area contributed by atoms with E-state index in [0.717, 1.165) is 23.1 Å². The highest BCUT2D eigenvalue weighted by Crippen LogP contribution is 2.32. The number of anilines is 1. The van der Waals surface area contributed by atoms with Gasteiger partial charge >= 0.3 is 5.97 Å². The van der Waals surface area contributed by atoms with Crippen molar-refractivity contribution in [2.75, 3.05) is 11.9 Å². The Hall–Kier alpha value is -3.42. The Bertz CT molecular complexity index is 780. The van der Waals surface area contributed by atoms with Crippen molar-refractivity contribution in [3.05, 3.63) is 41.5 Å². The summed E-state index contributed by atoms with van der Waals surface area (Å²) < 4.78 is 0. The number of phenolic OH excluding ortho intramolecular Hbond substituents is 3. The minimum absolute atomic E-state index is 0.104. The number of aromatic hydroxyl groups is 4. The normalized spacial score (nSPS) is 10.3. The van der Waals surface area contributed by atoms with Gasteiger partial charge < -0.3 is 30.4 Å². The van der Waals surface area contributed by atoms with E-state index in [1.165, 1.54) is 19.2 Å². The monoisotopic (exact) mass is 319 g/mol. The van der Waals surface area contributed by atoms with E-state index < -0.39 is 34.5 Å². The van der Waals surface area contributed by atoms with E-state index >= 15 is 0 Å². The Morgan fingerprint density at radius 3 is 1.83 bits per heavy atom. The molecule has 120 valence electrons. The molecule has 0 aliphatic carbocycles. The fraction of sp³-hybridized carbons (Fsp3) is 0.0667. The van der Waals surface area contributed by atoms with Crippen LogP contribution in [-0.2, 0) is 0 Å². The van der Waals surface area contributed by atoms with Gasteiger partial charge in [-0.1, -0.05) is 0 Å². The summed E-state index contributed by atoms with van der Waals surface area (Å²) >= 11 is 0. The van der Waals surface area contributed by atoms with Gasteiger partial charge in [-0.05, 0) is 12.1 Å². The maximum Gasteiger partial charge on any atom is 0.339 e. The minimum atomic E-state index is -1.51. The molecule has 1 amide bonds. The second-order valence-electron chi connectivity index (χ2n) is 4.77. The number of hydrogen-bond donors (Lipinski definition) is 5. The van der Waals surface area contributed by atoms with E-state index in [2.05, 4.69) is 0 Å². The predicted octanol–water partition coefficient (Wildman–Crippen LogP) is 1.48. The molecule has 2 aromatic rings. The molecular formula is C15H13NO7. The summed E-state index contributed by atoms with van der Waals surface area (Å²) in [6.45, 7) is 0. The lowest BCUT2D eigenvalue weighted by Crippen LogP contribution is -2.26. The molecule has 0 heterocycles. The van der Waals surface area contributed by atoms with E-state index in [1.54, 1.807) is 0 Å². The Morgan fingerprint density at radius 1 is 0.826 bits per heavy atom. The smallest absolute Gasteiger partial charge is 0.339 e. The highest BCUT2D eigenvalue weighted by molar-refractivity contribution is 6.10. The number of carbonyl (C=O) groups excluding carboxylic acids is 1. The average molecular weight is 319 g/mol. The number of benzene rings is 2. The Labute approximate surface area is 130 Å². The molecule has 23 heavy (non-hydrogen) atoms. The Morgan fingerprint density at radius 2 is 1.30 bits per heavy atom. The minimum Gasteiger partial charge on any atom is -0.508 e. The van der Waals surface area contributed by atoms with Crippen LogP contribution in [0.25, 0.3) is 0 Å². The van der Waals surface area contributed by atoms with Crippen LogP contribution in [-0.4, -0.2) is 44.5 Å². The second kappa shape index (κ2) is 5.76. The summed E-state index contributed by atoms with van der Waals surface area (Å²) in [5.41, 5.74) is -0.958. The molecule has 0 spiro atoms. The second-order valence-corrected chi connectivity index (χ2v) is 4.77. The highest BCUT2D eigenvalue weighted by Gasteiger charge is 2.23. The van der Waals surface area contributed by atoms with Crippen LogP contribution in [0.15, 0.2) is 30.3 Å². The van der Waals surface area contributed by atoms with E-state index in [4.69, 9.17) is 5.11 Å². The highest BCUT2D eigenvalue weighted by atomic mass is 16.4. The number of amides is 1. The number of phenols is 4. The number of rotatable bonds is 3. The van der Waals surface area contributed by atoms with Crippen LogP contribution in [0.1, 0.15) is 20.7 Å². The fourth-order valence-electron chi connectivity index (χ4n) is 2.02. The lowest BCUT2D eigenvalue weighted by molar-refractivity contribution is 0.0693. The molecule has 0 saturated heterocycles. The molecule has 2 aromatic carbocycles. The maximum absolute atomic E-state index is 12.4. The molecule has 0 fully saturated rings. The lowest BCUT2D eigenvalue weighted by atomic mass is 10.1. The van der Waals surface area contributed by atoms with Crippen LogP contribution >= 0.6 is 0 Å². The van der Waals surface area contributed by atoms with Gasteiger partial charge in [0.1, 0.15) is 28.6 Å². The summed E-state index contributed by atoms with van der Waals surface area (Å²) in [7, 11) is 1.29. The van der Waals surface area contributed by atoms with E-state index in [1.807, 2.05) is 0 Å². The average Bonchev–Trinajstić information content (AvgIpc) is 2.46. The van der Waals surface area contributed by atoms with Crippen molar-refractivity contribution in [2.24, 2.45) is 0 Å². The first kappa shape index (κ1) is 16.0. The van der Waals surface area contributed by atoms with Crippen LogP contribution in [0.3, 0.4) is 0 Å². The van der Waals surface area contributed by atoms with Crippen molar-refractivity contribution in [3.63, 3.8) is 0 Å². The number of aromatic carboxylic acids is 1. The SMILES string of the molecule is CN(C(=O)c1cc(O)cc(C(=O)O)c1O)c1cc(O)cc(O)c1. The molecule has 8 heteroatoms. The van der Waals surface area contributed by atoms with Crippen LogP contribution in [0.2, 0.25) is 0 Å². The van der Waals surface area contributed by atoms with Crippen molar-refractivity contribution in [1.82, 2.24) is 0 Å². The Kier molecular flexibility index (Phi) is 4.00. The third-order valence-electron chi connectivity index (χ3n) is 3.13. The van der Waals surface area contributed by atoms with Gasteiger partial charge in [0.2, 0.25) is 0 Å². The molecule has 0 aliphatic rings. The zero-order valence-electron chi connectivity index (χ0n) is 11.9. The van der Waals surface area contributed by atoms with Crippen molar-refractivity contribution >= 4 is 17.6 Å². The molecule has 8 nitrogen and oxygen atoms in total. The van der Waals surface area contributed by atoms with Gasteiger partial charge in [-0.3, -0.25) is 4.79 Å². The van der Waals surface area contributed by atoms with E-state index in [0.29, 0.717) is 0 Å².